The second-order valence-corrected chi connectivity index (χ2v) is 4.94. The number of hydrogen-bond donors (Lipinski definition) is 0. The smallest absolute Gasteiger partial charge is 0.00726 e. The van der Waals surface area contributed by atoms with Gasteiger partial charge in [-0.3, -0.25) is 0 Å². The molecule has 1 aliphatic carbocycles. The zero-order valence-electron chi connectivity index (χ0n) is 7.97. The van der Waals surface area contributed by atoms with Crippen molar-refractivity contribution >= 4 is 11.8 Å². The predicted molar refractivity (Wildman–Crippen MR) is 54.1 cm³/mol. The maximum absolute atomic E-state index is 2.40. The zero-order chi connectivity index (χ0) is 8.27. The lowest BCUT2D eigenvalue weighted by atomic mass is 9.81. The Bertz CT molecular complexity index is 111. The standard InChI is InChI=1S/C10H20S/c1-4-9-7-8(2)5-6-10(9)11-3/h8-10H,4-7H2,1-3H3. The van der Waals surface area contributed by atoms with Crippen molar-refractivity contribution in [3.05, 3.63) is 0 Å². The highest BCUT2D eigenvalue weighted by Crippen LogP contribution is 2.36. The highest BCUT2D eigenvalue weighted by Gasteiger charge is 2.26. The van der Waals surface area contributed by atoms with E-state index in [9.17, 15) is 0 Å². The molecule has 0 N–H and O–H groups in total. The summed E-state index contributed by atoms with van der Waals surface area (Å²) in [5.41, 5.74) is 0. The van der Waals surface area contributed by atoms with Crippen LogP contribution in [0.4, 0.5) is 0 Å². The predicted octanol–water partition coefficient (Wildman–Crippen LogP) is 3.56. The summed E-state index contributed by atoms with van der Waals surface area (Å²) in [6, 6.07) is 0. The van der Waals surface area contributed by atoms with E-state index in [4.69, 9.17) is 0 Å². The van der Waals surface area contributed by atoms with Gasteiger partial charge in [0.2, 0.25) is 0 Å². The van der Waals surface area contributed by atoms with Gasteiger partial charge in [0.1, 0.15) is 0 Å². The molecule has 0 nitrogen and oxygen atoms in total. The van der Waals surface area contributed by atoms with Crippen LogP contribution in [0.3, 0.4) is 0 Å². The van der Waals surface area contributed by atoms with E-state index >= 15 is 0 Å². The molecule has 0 bridgehead atoms. The van der Waals surface area contributed by atoms with Crippen LogP contribution in [0.5, 0.6) is 0 Å². The van der Waals surface area contributed by atoms with Crippen LogP contribution in [0, 0.1) is 11.8 Å². The highest BCUT2D eigenvalue weighted by molar-refractivity contribution is 7.99. The largest absolute Gasteiger partial charge is 0.162 e. The highest BCUT2D eigenvalue weighted by atomic mass is 32.2. The van der Waals surface area contributed by atoms with E-state index in [2.05, 4.69) is 31.9 Å². The molecule has 1 fully saturated rings. The van der Waals surface area contributed by atoms with Gasteiger partial charge in [-0.15, -0.1) is 0 Å². The van der Waals surface area contributed by atoms with Crippen LogP contribution >= 0.6 is 11.8 Å². The second kappa shape index (κ2) is 4.39. The van der Waals surface area contributed by atoms with Gasteiger partial charge >= 0.3 is 0 Å². The topological polar surface area (TPSA) is 0 Å². The number of hydrogen-bond acceptors (Lipinski definition) is 1. The molecule has 0 aromatic rings. The van der Waals surface area contributed by atoms with Crippen LogP contribution in [-0.2, 0) is 0 Å². The molecule has 0 amide bonds. The van der Waals surface area contributed by atoms with Crippen molar-refractivity contribution in [2.24, 2.45) is 11.8 Å². The fraction of sp³-hybridized carbons (Fsp3) is 1.00. The van der Waals surface area contributed by atoms with Crippen molar-refractivity contribution in [1.29, 1.82) is 0 Å². The van der Waals surface area contributed by atoms with E-state index in [1.165, 1.54) is 25.7 Å². The minimum absolute atomic E-state index is 0.969. The van der Waals surface area contributed by atoms with Crippen molar-refractivity contribution in [3.63, 3.8) is 0 Å². The van der Waals surface area contributed by atoms with E-state index in [0.717, 1.165) is 17.1 Å². The molecule has 0 spiro atoms. The van der Waals surface area contributed by atoms with Crippen LogP contribution in [0.1, 0.15) is 39.5 Å². The Labute approximate surface area is 75.1 Å². The first kappa shape index (κ1) is 9.44. The summed E-state index contributed by atoms with van der Waals surface area (Å²) >= 11 is 2.08. The molecule has 1 saturated carbocycles. The molecule has 1 rings (SSSR count). The summed E-state index contributed by atoms with van der Waals surface area (Å²) in [4.78, 5) is 0. The van der Waals surface area contributed by atoms with Crippen molar-refractivity contribution in [1.82, 2.24) is 0 Å². The molecular weight excluding hydrogens is 152 g/mol. The minimum Gasteiger partial charge on any atom is -0.162 e. The minimum atomic E-state index is 0.969. The Morgan fingerprint density at radius 1 is 1.36 bits per heavy atom. The van der Waals surface area contributed by atoms with Gasteiger partial charge in [0.05, 0.1) is 0 Å². The molecule has 0 aromatic heterocycles. The molecule has 66 valence electrons. The van der Waals surface area contributed by atoms with Gasteiger partial charge in [-0.05, 0) is 37.4 Å². The first-order valence-electron chi connectivity index (χ1n) is 4.80. The fourth-order valence-corrected chi connectivity index (χ4v) is 3.27. The second-order valence-electron chi connectivity index (χ2n) is 3.86. The van der Waals surface area contributed by atoms with Crippen molar-refractivity contribution in [2.45, 2.75) is 44.8 Å². The van der Waals surface area contributed by atoms with Crippen LogP contribution < -0.4 is 0 Å². The van der Waals surface area contributed by atoms with E-state index in [1.807, 2.05) is 0 Å². The lowest BCUT2D eigenvalue weighted by molar-refractivity contribution is 0.286. The van der Waals surface area contributed by atoms with E-state index in [0.29, 0.717) is 0 Å². The van der Waals surface area contributed by atoms with E-state index in [1.54, 1.807) is 0 Å². The van der Waals surface area contributed by atoms with Gasteiger partial charge in [-0.25, -0.2) is 0 Å². The van der Waals surface area contributed by atoms with E-state index in [-0.39, 0.29) is 0 Å². The maximum atomic E-state index is 2.40. The molecule has 0 saturated heterocycles. The monoisotopic (exact) mass is 172 g/mol. The van der Waals surface area contributed by atoms with Crippen LogP contribution in [-0.4, -0.2) is 11.5 Å². The third kappa shape index (κ3) is 2.40. The first-order chi connectivity index (χ1) is 5.27. The SMILES string of the molecule is CCC1CC(C)CCC1SC. The molecule has 1 heteroatoms. The number of rotatable bonds is 2. The molecular formula is C10H20S. The van der Waals surface area contributed by atoms with Crippen LogP contribution in [0.25, 0.3) is 0 Å². The fourth-order valence-electron chi connectivity index (χ4n) is 2.21. The third-order valence-corrected chi connectivity index (χ3v) is 4.23. The Morgan fingerprint density at radius 3 is 2.64 bits per heavy atom. The molecule has 0 aromatic carbocycles. The summed E-state index contributed by atoms with van der Waals surface area (Å²) in [6.07, 6.45) is 8.05. The lowest BCUT2D eigenvalue weighted by Gasteiger charge is -2.33. The van der Waals surface area contributed by atoms with Gasteiger partial charge in [0, 0.05) is 5.25 Å². The van der Waals surface area contributed by atoms with Crippen LogP contribution in [0.15, 0.2) is 0 Å². The zero-order valence-corrected chi connectivity index (χ0v) is 8.79. The Morgan fingerprint density at radius 2 is 2.09 bits per heavy atom. The van der Waals surface area contributed by atoms with Gasteiger partial charge in [-0.2, -0.15) is 11.8 Å². The van der Waals surface area contributed by atoms with Crippen molar-refractivity contribution in [3.8, 4) is 0 Å². The van der Waals surface area contributed by atoms with Gasteiger partial charge in [-0.1, -0.05) is 20.3 Å². The Kier molecular flexibility index (Phi) is 3.77. The summed E-state index contributed by atoms with van der Waals surface area (Å²) in [7, 11) is 0. The quantitative estimate of drug-likeness (QED) is 0.613. The van der Waals surface area contributed by atoms with Gasteiger partial charge in [0.25, 0.3) is 0 Å². The van der Waals surface area contributed by atoms with E-state index < -0.39 is 0 Å². The van der Waals surface area contributed by atoms with Crippen molar-refractivity contribution < 1.29 is 0 Å². The molecule has 0 aliphatic heterocycles. The van der Waals surface area contributed by atoms with Crippen molar-refractivity contribution in [2.75, 3.05) is 6.26 Å². The van der Waals surface area contributed by atoms with Gasteiger partial charge in [0.15, 0.2) is 0 Å². The number of thioether (sulfide) groups is 1. The molecule has 0 radical (unpaired) electrons. The Balaban J connectivity index is 2.41. The normalized spacial score (nSPS) is 39.0. The van der Waals surface area contributed by atoms with Crippen LogP contribution in [0.2, 0.25) is 0 Å². The summed E-state index contributed by atoms with van der Waals surface area (Å²) in [6.45, 7) is 4.74. The first-order valence-corrected chi connectivity index (χ1v) is 6.09. The third-order valence-electron chi connectivity index (χ3n) is 3.00. The summed E-state index contributed by atoms with van der Waals surface area (Å²) in [5.74, 6) is 2.00. The lowest BCUT2D eigenvalue weighted by Crippen LogP contribution is -2.25. The summed E-state index contributed by atoms with van der Waals surface area (Å²) < 4.78 is 0. The molecule has 3 unspecified atom stereocenters. The maximum Gasteiger partial charge on any atom is 0.00726 e. The molecule has 0 heterocycles. The average molecular weight is 172 g/mol. The summed E-state index contributed by atoms with van der Waals surface area (Å²) in [5, 5.41) is 0.969. The average Bonchev–Trinajstić information content (AvgIpc) is 2.04. The Hall–Kier alpha value is 0.350. The molecule has 11 heavy (non-hydrogen) atoms. The molecule has 3 atom stereocenters. The molecule has 1 aliphatic rings. The van der Waals surface area contributed by atoms with Gasteiger partial charge < -0.3 is 0 Å².